The molecule has 0 aromatic heterocycles. The van der Waals surface area contributed by atoms with Crippen LogP contribution in [0.15, 0.2) is 12.1 Å². The molecule has 158 valence electrons. The Morgan fingerprint density at radius 1 is 1.24 bits per heavy atom. The Labute approximate surface area is 172 Å². The summed E-state index contributed by atoms with van der Waals surface area (Å²) in [6.45, 7) is 5.42. The van der Waals surface area contributed by atoms with Crippen molar-refractivity contribution in [1.82, 2.24) is 15.3 Å². The molecule has 1 aromatic rings. The number of benzene rings is 1. The van der Waals surface area contributed by atoms with E-state index in [2.05, 4.69) is 16.7 Å². The van der Waals surface area contributed by atoms with Crippen molar-refractivity contribution in [3.63, 3.8) is 0 Å². The van der Waals surface area contributed by atoms with Gasteiger partial charge in [-0.15, -0.1) is 0 Å². The molecule has 1 spiro atoms. The smallest absolute Gasteiger partial charge is 0.274 e. The second-order valence-electron chi connectivity index (χ2n) is 9.80. The maximum atomic E-state index is 14.7. The summed E-state index contributed by atoms with van der Waals surface area (Å²) in [7, 11) is 0. The van der Waals surface area contributed by atoms with Crippen LogP contribution in [0.25, 0.3) is 0 Å². The fourth-order valence-electron chi connectivity index (χ4n) is 6.13. The first kappa shape index (κ1) is 19.5. The van der Waals surface area contributed by atoms with Crippen molar-refractivity contribution in [2.75, 3.05) is 13.1 Å². The Morgan fingerprint density at radius 2 is 1.97 bits per heavy atom. The van der Waals surface area contributed by atoms with Gasteiger partial charge in [0, 0.05) is 30.2 Å². The SMILES string of the molecule is CC[C@H]1Cc2c(F)cc(C(=O)NO)cc2CN1C1CC2(CCN(C3CC3)CC2)C1. The molecule has 3 fully saturated rings. The van der Waals surface area contributed by atoms with Gasteiger partial charge in [0.15, 0.2) is 0 Å². The number of carbonyl (C=O) groups is 1. The summed E-state index contributed by atoms with van der Waals surface area (Å²) < 4.78 is 14.7. The molecule has 5 nitrogen and oxygen atoms in total. The summed E-state index contributed by atoms with van der Waals surface area (Å²) in [6, 6.07) is 4.82. The lowest BCUT2D eigenvalue weighted by Gasteiger charge is -2.57. The Kier molecular flexibility index (Phi) is 4.92. The highest BCUT2D eigenvalue weighted by Crippen LogP contribution is 2.53. The van der Waals surface area contributed by atoms with Gasteiger partial charge in [0.1, 0.15) is 5.82 Å². The van der Waals surface area contributed by atoms with E-state index >= 15 is 0 Å². The molecule has 1 atom stereocenters. The van der Waals surface area contributed by atoms with Gasteiger partial charge in [-0.1, -0.05) is 6.92 Å². The van der Waals surface area contributed by atoms with E-state index in [1.165, 1.54) is 57.7 Å². The average molecular weight is 402 g/mol. The summed E-state index contributed by atoms with van der Waals surface area (Å²) in [5.41, 5.74) is 3.99. The van der Waals surface area contributed by atoms with Crippen LogP contribution in [0.1, 0.15) is 73.4 Å². The van der Waals surface area contributed by atoms with E-state index in [0.717, 1.165) is 23.6 Å². The molecule has 5 rings (SSSR count). The molecule has 1 amide bonds. The molecule has 2 heterocycles. The maximum absolute atomic E-state index is 14.7. The van der Waals surface area contributed by atoms with Crippen molar-refractivity contribution in [1.29, 1.82) is 0 Å². The molecule has 1 aromatic carbocycles. The lowest BCUT2D eigenvalue weighted by molar-refractivity contribution is -0.0649. The molecule has 29 heavy (non-hydrogen) atoms. The third-order valence-electron chi connectivity index (χ3n) is 8.11. The second-order valence-corrected chi connectivity index (χ2v) is 9.80. The van der Waals surface area contributed by atoms with Gasteiger partial charge in [-0.25, -0.2) is 9.87 Å². The molecule has 0 radical (unpaired) electrons. The molecule has 2 N–H and O–H groups in total. The highest BCUT2D eigenvalue weighted by molar-refractivity contribution is 5.93. The fourth-order valence-corrected chi connectivity index (χ4v) is 6.13. The maximum Gasteiger partial charge on any atom is 0.274 e. The Hall–Kier alpha value is -1.50. The molecule has 2 aliphatic heterocycles. The van der Waals surface area contributed by atoms with Gasteiger partial charge in [-0.3, -0.25) is 14.9 Å². The number of hydrogen-bond acceptors (Lipinski definition) is 4. The zero-order valence-electron chi connectivity index (χ0n) is 17.3. The number of fused-ring (bicyclic) bond motifs is 1. The van der Waals surface area contributed by atoms with Gasteiger partial charge in [-0.2, -0.15) is 0 Å². The van der Waals surface area contributed by atoms with E-state index < -0.39 is 5.91 Å². The average Bonchev–Trinajstić information content (AvgIpc) is 3.56. The molecule has 0 unspecified atom stereocenters. The highest BCUT2D eigenvalue weighted by Gasteiger charge is 2.50. The molecule has 1 saturated heterocycles. The fraction of sp³-hybridized carbons (Fsp3) is 0.696. The first-order chi connectivity index (χ1) is 14.0. The number of amides is 1. The molecule has 4 aliphatic rings. The first-order valence-electron chi connectivity index (χ1n) is 11.3. The van der Waals surface area contributed by atoms with Crippen LogP contribution in [-0.2, 0) is 13.0 Å². The lowest BCUT2D eigenvalue weighted by Crippen LogP contribution is -2.58. The number of hydrogen-bond donors (Lipinski definition) is 2. The zero-order chi connectivity index (χ0) is 20.2. The van der Waals surface area contributed by atoms with Crippen LogP contribution in [0.4, 0.5) is 4.39 Å². The van der Waals surface area contributed by atoms with Crippen molar-refractivity contribution >= 4 is 5.91 Å². The predicted octanol–water partition coefficient (Wildman–Crippen LogP) is 3.49. The van der Waals surface area contributed by atoms with Crippen molar-refractivity contribution in [2.45, 2.75) is 83.0 Å². The van der Waals surface area contributed by atoms with E-state index in [0.29, 0.717) is 30.5 Å². The number of carbonyl (C=O) groups excluding carboxylic acids is 1. The molecule has 2 saturated carbocycles. The summed E-state index contributed by atoms with van der Waals surface area (Å²) in [5, 5.41) is 8.91. The van der Waals surface area contributed by atoms with Crippen LogP contribution in [-0.4, -0.2) is 52.1 Å². The van der Waals surface area contributed by atoms with Gasteiger partial charge in [-0.05, 0) is 93.1 Å². The van der Waals surface area contributed by atoms with Crippen LogP contribution >= 0.6 is 0 Å². The Bertz CT molecular complexity index is 794. The minimum atomic E-state index is -0.652. The number of nitrogens with one attached hydrogen (secondary N) is 1. The predicted molar refractivity (Wildman–Crippen MR) is 108 cm³/mol. The largest absolute Gasteiger partial charge is 0.300 e. The van der Waals surface area contributed by atoms with E-state index in [1.54, 1.807) is 11.5 Å². The molecule has 6 heteroatoms. The summed E-state index contributed by atoms with van der Waals surface area (Å²) >= 11 is 0. The van der Waals surface area contributed by atoms with Gasteiger partial charge >= 0.3 is 0 Å². The van der Waals surface area contributed by atoms with Gasteiger partial charge in [0.05, 0.1) is 0 Å². The quantitative estimate of drug-likeness (QED) is 0.599. The third-order valence-corrected chi connectivity index (χ3v) is 8.11. The number of hydroxylamine groups is 1. The molecule has 2 aliphatic carbocycles. The third kappa shape index (κ3) is 3.49. The van der Waals surface area contributed by atoms with Crippen molar-refractivity contribution in [3.05, 3.63) is 34.6 Å². The topological polar surface area (TPSA) is 55.8 Å². The summed E-state index contributed by atoms with van der Waals surface area (Å²) in [6.07, 6.45) is 9.69. The zero-order valence-corrected chi connectivity index (χ0v) is 17.3. The van der Waals surface area contributed by atoms with Crippen LogP contribution in [0.3, 0.4) is 0 Å². The molecular weight excluding hydrogens is 369 g/mol. The van der Waals surface area contributed by atoms with E-state index in [9.17, 15) is 9.18 Å². The van der Waals surface area contributed by atoms with E-state index in [4.69, 9.17) is 5.21 Å². The standard InChI is InChI=1S/C23H32FN3O2/c1-2-17-11-20-16(9-15(10-21(20)24)22(28)25-29)14-27(17)19-12-23(13-19)5-7-26(8-6-23)18-3-4-18/h9-10,17-19,29H,2-8,11-14H2,1H3,(H,25,28)/t17-/m0/s1. The van der Waals surface area contributed by atoms with E-state index in [-0.39, 0.29) is 11.4 Å². The second kappa shape index (κ2) is 7.33. The monoisotopic (exact) mass is 401 g/mol. The number of piperidine rings is 1. The van der Waals surface area contributed by atoms with E-state index in [1.807, 2.05) is 0 Å². The number of halogens is 1. The van der Waals surface area contributed by atoms with Gasteiger partial charge < -0.3 is 4.90 Å². The van der Waals surface area contributed by atoms with Crippen LogP contribution in [0, 0.1) is 11.2 Å². The normalized spacial score (nSPS) is 27.5. The highest BCUT2D eigenvalue weighted by atomic mass is 19.1. The van der Waals surface area contributed by atoms with Crippen molar-refractivity contribution in [3.8, 4) is 0 Å². The van der Waals surface area contributed by atoms with Crippen molar-refractivity contribution in [2.24, 2.45) is 5.41 Å². The van der Waals surface area contributed by atoms with Gasteiger partial charge in [0.2, 0.25) is 0 Å². The Balaban J connectivity index is 1.29. The van der Waals surface area contributed by atoms with Gasteiger partial charge in [0.25, 0.3) is 5.91 Å². The van der Waals surface area contributed by atoms with Crippen LogP contribution in [0.5, 0.6) is 0 Å². The minimum absolute atomic E-state index is 0.191. The van der Waals surface area contributed by atoms with Crippen molar-refractivity contribution < 1.29 is 14.4 Å². The van der Waals surface area contributed by atoms with Crippen LogP contribution < -0.4 is 5.48 Å². The Morgan fingerprint density at radius 3 is 2.59 bits per heavy atom. The summed E-state index contributed by atoms with van der Waals surface area (Å²) in [5.74, 6) is -0.974. The number of likely N-dealkylation sites (tertiary alicyclic amines) is 1. The summed E-state index contributed by atoms with van der Waals surface area (Å²) in [4.78, 5) is 17.1. The first-order valence-corrected chi connectivity index (χ1v) is 11.3. The molecule has 0 bridgehead atoms. The number of rotatable bonds is 4. The van der Waals surface area contributed by atoms with Crippen LogP contribution in [0.2, 0.25) is 0 Å². The molecular formula is C23H32FN3O2. The number of nitrogens with zero attached hydrogens (tertiary/aromatic N) is 2. The minimum Gasteiger partial charge on any atom is -0.300 e. The lowest BCUT2D eigenvalue weighted by atomic mass is 9.59.